The van der Waals surface area contributed by atoms with Crippen molar-refractivity contribution in [2.24, 2.45) is 0 Å². The molecule has 0 unspecified atom stereocenters. The standard InChI is InChI=1S/C22H29N3O3/c1-3-28-21-7-5-4-6-20(21)23-13-12-22(26)25-16-14-24(15-17-25)18-8-10-19(27-2)11-9-18/h4-11,23H,3,12-17H2,1-2H3. The van der Waals surface area contributed by atoms with E-state index in [0.29, 0.717) is 19.6 Å². The lowest BCUT2D eigenvalue weighted by Gasteiger charge is -2.36. The number of ether oxygens (including phenoxy) is 2. The SMILES string of the molecule is CCOc1ccccc1NCCC(=O)N1CCN(c2ccc(OC)cc2)CC1. The molecule has 0 saturated carbocycles. The molecule has 3 rings (SSSR count). The van der Waals surface area contributed by atoms with Crippen molar-refractivity contribution in [1.82, 2.24) is 4.90 Å². The fourth-order valence-electron chi connectivity index (χ4n) is 3.36. The smallest absolute Gasteiger partial charge is 0.224 e. The van der Waals surface area contributed by atoms with Gasteiger partial charge in [0, 0.05) is 44.8 Å². The molecule has 28 heavy (non-hydrogen) atoms. The molecule has 1 aliphatic heterocycles. The Morgan fingerprint density at radius 3 is 2.43 bits per heavy atom. The third-order valence-corrected chi connectivity index (χ3v) is 4.91. The highest BCUT2D eigenvalue weighted by atomic mass is 16.5. The topological polar surface area (TPSA) is 54.0 Å². The van der Waals surface area contributed by atoms with Gasteiger partial charge in [-0.2, -0.15) is 0 Å². The quantitative estimate of drug-likeness (QED) is 0.758. The maximum atomic E-state index is 12.5. The number of hydrogen-bond donors (Lipinski definition) is 1. The highest BCUT2D eigenvalue weighted by molar-refractivity contribution is 5.77. The highest BCUT2D eigenvalue weighted by Crippen LogP contribution is 2.24. The molecule has 150 valence electrons. The van der Waals surface area contributed by atoms with Crippen LogP contribution in [0.25, 0.3) is 0 Å². The monoisotopic (exact) mass is 383 g/mol. The van der Waals surface area contributed by atoms with Gasteiger partial charge in [0.15, 0.2) is 0 Å². The maximum absolute atomic E-state index is 12.5. The van der Waals surface area contributed by atoms with Crippen LogP contribution in [0.15, 0.2) is 48.5 Å². The number of hydrogen-bond acceptors (Lipinski definition) is 5. The Labute approximate surface area is 167 Å². The van der Waals surface area contributed by atoms with E-state index in [2.05, 4.69) is 22.3 Å². The second-order valence-electron chi connectivity index (χ2n) is 6.67. The predicted molar refractivity (Wildman–Crippen MR) is 113 cm³/mol. The molecular weight excluding hydrogens is 354 g/mol. The van der Waals surface area contributed by atoms with Crippen molar-refractivity contribution in [3.8, 4) is 11.5 Å². The van der Waals surface area contributed by atoms with E-state index >= 15 is 0 Å². The molecule has 1 amide bonds. The van der Waals surface area contributed by atoms with Crippen LogP contribution in [0.1, 0.15) is 13.3 Å². The number of nitrogens with zero attached hydrogens (tertiary/aromatic N) is 2. The molecule has 6 heteroatoms. The first kappa shape index (κ1) is 19.9. The number of benzene rings is 2. The molecule has 1 fully saturated rings. The van der Waals surface area contributed by atoms with Gasteiger partial charge in [-0.25, -0.2) is 0 Å². The number of carbonyl (C=O) groups is 1. The summed E-state index contributed by atoms with van der Waals surface area (Å²) < 4.78 is 10.8. The van der Waals surface area contributed by atoms with Gasteiger partial charge in [0.1, 0.15) is 11.5 Å². The molecular formula is C22H29N3O3. The van der Waals surface area contributed by atoms with E-state index in [1.165, 1.54) is 5.69 Å². The Balaban J connectivity index is 1.44. The summed E-state index contributed by atoms with van der Waals surface area (Å²) in [5, 5.41) is 3.32. The Kier molecular flexibility index (Phi) is 7.00. The molecule has 6 nitrogen and oxygen atoms in total. The van der Waals surface area contributed by atoms with Gasteiger partial charge in [-0.15, -0.1) is 0 Å². The van der Waals surface area contributed by atoms with Gasteiger partial charge in [0.25, 0.3) is 0 Å². The zero-order valence-corrected chi connectivity index (χ0v) is 16.7. The maximum Gasteiger partial charge on any atom is 0.224 e. The molecule has 0 aliphatic carbocycles. The Morgan fingerprint density at radius 2 is 1.75 bits per heavy atom. The molecule has 2 aromatic rings. The second-order valence-corrected chi connectivity index (χ2v) is 6.67. The number of methoxy groups -OCH3 is 1. The Bertz CT molecular complexity index is 756. The summed E-state index contributed by atoms with van der Waals surface area (Å²) in [6.45, 7) is 6.38. The number of carbonyl (C=O) groups excluding carboxylic acids is 1. The molecule has 1 aliphatic rings. The van der Waals surface area contributed by atoms with Crippen LogP contribution in [-0.2, 0) is 4.79 Å². The Hall–Kier alpha value is -2.89. The largest absolute Gasteiger partial charge is 0.497 e. The lowest BCUT2D eigenvalue weighted by atomic mass is 10.2. The van der Waals surface area contributed by atoms with Gasteiger partial charge in [0.2, 0.25) is 5.91 Å². The summed E-state index contributed by atoms with van der Waals surface area (Å²) in [4.78, 5) is 16.8. The minimum absolute atomic E-state index is 0.191. The number of amides is 1. The second kappa shape index (κ2) is 9.88. The minimum Gasteiger partial charge on any atom is -0.497 e. The van der Waals surface area contributed by atoms with E-state index in [9.17, 15) is 4.79 Å². The zero-order valence-electron chi connectivity index (χ0n) is 16.7. The molecule has 1 saturated heterocycles. The van der Waals surface area contributed by atoms with E-state index < -0.39 is 0 Å². The molecule has 1 heterocycles. The van der Waals surface area contributed by atoms with E-state index in [0.717, 1.165) is 43.4 Å². The van der Waals surface area contributed by atoms with E-state index in [1.54, 1.807) is 7.11 Å². The Morgan fingerprint density at radius 1 is 1.04 bits per heavy atom. The van der Waals surface area contributed by atoms with Crippen LogP contribution in [-0.4, -0.2) is 57.2 Å². The number of anilines is 2. The first-order valence-electron chi connectivity index (χ1n) is 9.83. The van der Waals surface area contributed by atoms with Crippen LogP contribution in [0.4, 0.5) is 11.4 Å². The summed E-state index contributed by atoms with van der Waals surface area (Å²) in [5.74, 6) is 1.87. The number of nitrogens with one attached hydrogen (secondary N) is 1. The molecule has 0 aromatic heterocycles. The normalized spacial score (nSPS) is 13.9. The first-order valence-corrected chi connectivity index (χ1v) is 9.83. The molecule has 0 radical (unpaired) electrons. The van der Waals surface area contributed by atoms with Crippen molar-refractivity contribution < 1.29 is 14.3 Å². The van der Waals surface area contributed by atoms with Gasteiger partial charge >= 0.3 is 0 Å². The summed E-state index contributed by atoms with van der Waals surface area (Å²) in [5.41, 5.74) is 2.10. The van der Waals surface area contributed by atoms with Crippen molar-refractivity contribution >= 4 is 17.3 Å². The molecule has 2 aromatic carbocycles. The summed E-state index contributed by atoms with van der Waals surface area (Å²) in [7, 11) is 1.67. The van der Waals surface area contributed by atoms with Crippen LogP contribution >= 0.6 is 0 Å². The van der Waals surface area contributed by atoms with Gasteiger partial charge in [-0.05, 0) is 43.3 Å². The molecule has 0 atom stereocenters. The van der Waals surface area contributed by atoms with E-state index in [4.69, 9.17) is 9.47 Å². The number of rotatable bonds is 8. The van der Waals surface area contributed by atoms with Crippen molar-refractivity contribution in [1.29, 1.82) is 0 Å². The van der Waals surface area contributed by atoms with Crippen molar-refractivity contribution in [2.45, 2.75) is 13.3 Å². The lowest BCUT2D eigenvalue weighted by Crippen LogP contribution is -2.49. The average Bonchev–Trinajstić information content (AvgIpc) is 2.75. The van der Waals surface area contributed by atoms with E-state index in [-0.39, 0.29) is 5.91 Å². The summed E-state index contributed by atoms with van der Waals surface area (Å²) in [6, 6.07) is 15.9. The zero-order chi connectivity index (χ0) is 19.8. The molecule has 0 spiro atoms. The fraction of sp³-hybridized carbons (Fsp3) is 0.409. The van der Waals surface area contributed by atoms with Gasteiger partial charge in [-0.1, -0.05) is 12.1 Å². The van der Waals surface area contributed by atoms with E-state index in [1.807, 2.05) is 48.2 Å². The van der Waals surface area contributed by atoms with Crippen LogP contribution in [0.3, 0.4) is 0 Å². The third kappa shape index (κ3) is 5.09. The molecule has 1 N–H and O–H groups in total. The van der Waals surface area contributed by atoms with Crippen LogP contribution < -0.4 is 19.7 Å². The van der Waals surface area contributed by atoms with Gasteiger partial charge < -0.3 is 24.6 Å². The van der Waals surface area contributed by atoms with Crippen molar-refractivity contribution in [3.63, 3.8) is 0 Å². The highest BCUT2D eigenvalue weighted by Gasteiger charge is 2.21. The first-order chi connectivity index (χ1) is 13.7. The number of para-hydroxylation sites is 2. The van der Waals surface area contributed by atoms with Crippen LogP contribution in [0.5, 0.6) is 11.5 Å². The number of piperazine rings is 1. The lowest BCUT2D eigenvalue weighted by molar-refractivity contribution is -0.131. The summed E-state index contributed by atoms with van der Waals surface area (Å²) >= 11 is 0. The third-order valence-electron chi connectivity index (χ3n) is 4.91. The van der Waals surface area contributed by atoms with Gasteiger partial charge in [0.05, 0.1) is 19.4 Å². The van der Waals surface area contributed by atoms with Crippen molar-refractivity contribution in [2.75, 3.05) is 56.7 Å². The van der Waals surface area contributed by atoms with Crippen molar-refractivity contribution in [3.05, 3.63) is 48.5 Å². The minimum atomic E-state index is 0.191. The fourth-order valence-corrected chi connectivity index (χ4v) is 3.36. The van der Waals surface area contributed by atoms with Crippen LogP contribution in [0, 0.1) is 0 Å². The predicted octanol–water partition coefficient (Wildman–Crippen LogP) is 3.24. The average molecular weight is 383 g/mol. The summed E-state index contributed by atoms with van der Waals surface area (Å²) in [6.07, 6.45) is 0.475. The van der Waals surface area contributed by atoms with Gasteiger partial charge in [-0.3, -0.25) is 4.79 Å². The van der Waals surface area contributed by atoms with Crippen LogP contribution in [0.2, 0.25) is 0 Å². The molecule has 0 bridgehead atoms.